The molecule has 0 fully saturated rings. The largest absolute Gasteiger partial charge is 0.464 e. The zero-order valence-corrected chi connectivity index (χ0v) is 13.1. The van der Waals surface area contributed by atoms with Gasteiger partial charge in [0, 0.05) is 18.8 Å². The summed E-state index contributed by atoms with van der Waals surface area (Å²) >= 11 is 0. The molecule has 0 bridgehead atoms. The number of hydrogen-bond acceptors (Lipinski definition) is 3. The first-order chi connectivity index (χ1) is 9.73. The Labute approximate surface area is 123 Å². The van der Waals surface area contributed by atoms with Gasteiger partial charge in [0.25, 0.3) is 0 Å². The molecular weight excluding hydrogens is 270 g/mol. The average Bonchev–Trinajstić information content (AvgIpc) is 2.88. The van der Waals surface area contributed by atoms with E-state index in [1.165, 1.54) is 7.11 Å². The Hall–Kier alpha value is -2.24. The standard InChI is InChI=1S/C15H21N3O3/c1-15(2,3)16-13(19)9-18-10-6-7-17(4)11(10)8-12(18)14(20)21-5/h6-8H,9H2,1-5H3,(H,16,19). The normalized spacial score (nSPS) is 11.7. The van der Waals surface area contributed by atoms with Gasteiger partial charge in [0.05, 0.1) is 18.1 Å². The molecule has 0 atom stereocenters. The van der Waals surface area contributed by atoms with Gasteiger partial charge in [0.1, 0.15) is 12.2 Å². The molecule has 0 aliphatic rings. The van der Waals surface area contributed by atoms with Crippen LogP contribution in [0, 0.1) is 0 Å². The van der Waals surface area contributed by atoms with Crippen LogP contribution in [0.25, 0.3) is 11.0 Å². The van der Waals surface area contributed by atoms with Crippen LogP contribution in [0.1, 0.15) is 31.3 Å². The summed E-state index contributed by atoms with van der Waals surface area (Å²) in [5, 5.41) is 2.89. The highest BCUT2D eigenvalue weighted by molar-refractivity contribution is 5.96. The zero-order valence-electron chi connectivity index (χ0n) is 13.1. The molecule has 0 aliphatic carbocycles. The summed E-state index contributed by atoms with van der Waals surface area (Å²) in [6.07, 6.45) is 1.89. The Morgan fingerprint density at radius 2 is 1.95 bits per heavy atom. The van der Waals surface area contributed by atoms with Gasteiger partial charge < -0.3 is 19.2 Å². The Bertz CT molecular complexity index is 689. The van der Waals surface area contributed by atoms with Crippen molar-refractivity contribution in [1.29, 1.82) is 0 Å². The fourth-order valence-corrected chi connectivity index (χ4v) is 2.32. The highest BCUT2D eigenvalue weighted by atomic mass is 16.5. The van der Waals surface area contributed by atoms with E-state index in [1.807, 2.05) is 44.6 Å². The van der Waals surface area contributed by atoms with Gasteiger partial charge >= 0.3 is 5.97 Å². The van der Waals surface area contributed by atoms with E-state index >= 15 is 0 Å². The van der Waals surface area contributed by atoms with Crippen LogP contribution in [0.2, 0.25) is 0 Å². The first-order valence-electron chi connectivity index (χ1n) is 6.77. The number of carbonyl (C=O) groups is 2. The number of fused-ring (bicyclic) bond motifs is 1. The fourth-order valence-electron chi connectivity index (χ4n) is 2.32. The summed E-state index contributed by atoms with van der Waals surface area (Å²) in [6.45, 7) is 5.83. The molecular formula is C15H21N3O3. The Morgan fingerprint density at radius 3 is 2.52 bits per heavy atom. The number of amides is 1. The Kier molecular flexibility index (Phi) is 3.80. The molecule has 114 valence electrons. The van der Waals surface area contributed by atoms with Crippen molar-refractivity contribution in [1.82, 2.24) is 14.5 Å². The minimum Gasteiger partial charge on any atom is -0.464 e. The topological polar surface area (TPSA) is 65.3 Å². The van der Waals surface area contributed by atoms with Crippen molar-refractivity contribution in [3.05, 3.63) is 24.0 Å². The summed E-state index contributed by atoms with van der Waals surface area (Å²) < 4.78 is 8.38. The van der Waals surface area contributed by atoms with E-state index in [2.05, 4.69) is 5.32 Å². The fraction of sp³-hybridized carbons (Fsp3) is 0.467. The van der Waals surface area contributed by atoms with Crippen LogP contribution >= 0.6 is 0 Å². The summed E-state index contributed by atoms with van der Waals surface area (Å²) in [5.41, 5.74) is 1.79. The smallest absolute Gasteiger partial charge is 0.354 e. The third-order valence-electron chi connectivity index (χ3n) is 3.16. The number of aryl methyl sites for hydroxylation is 1. The minimum absolute atomic E-state index is 0.0786. The molecule has 1 N–H and O–H groups in total. The maximum absolute atomic E-state index is 12.1. The second kappa shape index (κ2) is 5.27. The molecule has 6 nitrogen and oxygen atoms in total. The summed E-state index contributed by atoms with van der Waals surface area (Å²) in [4.78, 5) is 24.0. The molecule has 21 heavy (non-hydrogen) atoms. The Balaban J connectivity index is 2.41. The van der Waals surface area contributed by atoms with Crippen molar-refractivity contribution < 1.29 is 14.3 Å². The maximum Gasteiger partial charge on any atom is 0.354 e. The summed E-state index contributed by atoms with van der Waals surface area (Å²) in [7, 11) is 3.22. The van der Waals surface area contributed by atoms with E-state index in [0.717, 1.165) is 11.0 Å². The van der Waals surface area contributed by atoms with Crippen molar-refractivity contribution in [3.8, 4) is 0 Å². The number of nitrogens with zero attached hydrogens (tertiary/aromatic N) is 2. The van der Waals surface area contributed by atoms with Crippen LogP contribution in [-0.4, -0.2) is 33.7 Å². The lowest BCUT2D eigenvalue weighted by Crippen LogP contribution is -2.42. The van der Waals surface area contributed by atoms with E-state index in [0.29, 0.717) is 5.69 Å². The van der Waals surface area contributed by atoms with Crippen molar-refractivity contribution in [2.75, 3.05) is 7.11 Å². The average molecular weight is 291 g/mol. The SMILES string of the molecule is COC(=O)c1cc2c(ccn2C)n1CC(=O)NC(C)(C)C. The molecule has 1 amide bonds. The maximum atomic E-state index is 12.1. The van der Waals surface area contributed by atoms with Crippen LogP contribution < -0.4 is 5.32 Å². The third-order valence-corrected chi connectivity index (χ3v) is 3.16. The molecule has 0 aliphatic heterocycles. The van der Waals surface area contributed by atoms with Crippen LogP contribution in [-0.2, 0) is 23.1 Å². The third kappa shape index (κ3) is 3.09. The molecule has 0 saturated carbocycles. The second-order valence-electron chi connectivity index (χ2n) is 6.10. The van der Waals surface area contributed by atoms with Crippen LogP contribution in [0.4, 0.5) is 0 Å². The van der Waals surface area contributed by atoms with Crippen molar-refractivity contribution in [2.45, 2.75) is 32.9 Å². The highest BCUT2D eigenvalue weighted by Crippen LogP contribution is 2.21. The monoisotopic (exact) mass is 291 g/mol. The lowest BCUT2D eigenvalue weighted by atomic mass is 10.1. The number of methoxy groups -OCH3 is 1. The number of esters is 1. The van der Waals surface area contributed by atoms with Crippen molar-refractivity contribution >= 4 is 22.9 Å². The van der Waals surface area contributed by atoms with E-state index in [-0.39, 0.29) is 18.0 Å². The van der Waals surface area contributed by atoms with E-state index in [9.17, 15) is 9.59 Å². The summed E-state index contributed by atoms with van der Waals surface area (Å²) in [5.74, 6) is -0.594. The van der Waals surface area contributed by atoms with Gasteiger partial charge in [-0.3, -0.25) is 4.79 Å². The van der Waals surface area contributed by atoms with Gasteiger partial charge in [-0.2, -0.15) is 0 Å². The zero-order chi connectivity index (χ0) is 15.8. The van der Waals surface area contributed by atoms with Gasteiger partial charge in [-0.05, 0) is 32.9 Å². The molecule has 0 unspecified atom stereocenters. The number of aromatic nitrogens is 2. The van der Waals surface area contributed by atoms with E-state index in [1.54, 1.807) is 10.6 Å². The van der Waals surface area contributed by atoms with Crippen LogP contribution in [0.5, 0.6) is 0 Å². The first-order valence-corrected chi connectivity index (χ1v) is 6.77. The van der Waals surface area contributed by atoms with E-state index in [4.69, 9.17) is 4.74 Å². The second-order valence-corrected chi connectivity index (χ2v) is 6.10. The van der Waals surface area contributed by atoms with Crippen molar-refractivity contribution in [3.63, 3.8) is 0 Å². The Morgan fingerprint density at radius 1 is 1.29 bits per heavy atom. The summed E-state index contributed by atoms with van der Waals surface area (Å²) in [6, 6.07) is 3.62. The first kappa shape index (κ1) is 15.2. The number of nitrogens with one attached hydrogen (secondary N) is 1. The van der Waals surface area contributed by atoms with Gasteiger partial charge in [0.2, 0.25) is 5.91 Å². The van der Waals surface area contributed by atoms with Crippen molar-refractivity contribution in [2.24, 2.45) is 7.05 Å². The molecule has 0 radical (unpaired) electrons. The minimum atomic E-state index is -0.449. The highest BCUT2D eigenvalue weighted by Gasteiger charge is 2.21. The van der Waals surface area contributed by atoms with Crippen LogP contribution in [0.3, 0.4) is 0 Å². The quantitative estimate of drug-likeness (QED) is 0.875. The van der Waals surface area contributed by atoms with E-state index < -0.39 is 5.97 Å². The molecule has 2 aromatic heterocycles. The number of carbonyl (C=O) groups excluding carboxylic acids is 2. The van der Waals surface area contributed by atoms with Gasteiger partial charge in [-0.25, -0.2) is 4.79 Å². The van der Waals surface area contributed by atoms with Gasteiger partial charge in [-0.15, -0.1) is 0 Å². The molecule has 2 aromatic rings. The van der Waals surface area contributed by atoms with Crippen LogP contribution in [0.15, 0.2) is 18.3 Å². The van der Waals surface area contributed by atoms with Gasteiger partial charge in [0.15, 0.2) is 0 Å². The number of hydrogen-bond donors (Lipinski definition) is 1. The lowest BCUT2D eigenvalue weighted by Gasteiger charge is -2.21. The molecule has 6 heteroatoms. The molecule has 0 aromatic carbocycles. The molecule has 0 spiro atoms. The van der Waals surface area contributed by atoms with Gasteiger partial charge in [-0.1, -0.05) is 0 Å². The molecule has 2 heterocycles. The lowest BCUT2D eigenvalue weighted by molar-refractivity contribution is -0.123. The predicted molar refractivity (Wildman–Crippen MR) is 80.1 cm³/mol. The molecule has 2 rings (SSSR count). The molecule has 0 saturated heterocycles. The number of rotatable bonds is 3. The number of ether oxygens (including phenoxy) is 1. The predicted octanol–water partition coefficient (Wildman–Crippen LogP) is 1.68.